The summed E-state index contributed by atoms with van der Waals surface area (Å²) in [7, 11) is 0. The van der Waals surface area contributed by atoms with Gasteiger partial charge in [0.25, 0.3) is 0 Å². The quantitative estimate of drug-likeness (QED) is 0.858. The van der Waals surface area contributed by atoms with Crippen LogP contribution in [0.1, 0.15) is 37.1 Å². The monoisotopic (exact) mass is 216 g/mol. The Kier molecular flexibility index (Phi) is 2.21. The second-order valence-electron chi connectivity index (χ2n) is 4.77. The first-order valence-electron chi connectivity index (χ1n) is 5.88. The van der Waals surface area contributed by atoms with Gasteiger partial charge in [-0.3, -0.25) is 0 Å². The molecule has 0 saturated heterocycles. The van der Waals surface area contributed by atoms with E-state index in [9.17, 15) is 0 Å². The van der Waals surface area contributed by atoms with Crippen molar-refractivity contribution in [3.8, 4) is 0 Å². The van der Waals surface area contributed by atoms with E-state index in [1.165, 1.54) is 18.4 Å². The predicted octanol–water partition coefficient (Wildman–Crippen LogP) is 2.59. The Balaban J connectivity index is 2.06. The minimum atomic E-state index is 0.153. The molecule has 0 amide bonds. The molecule has 3 nitrogen and oxygen atoms in total. The van der Waals surface area contributed by atoms with E-state index in [0.29, 0.717) is 5.92 Å². The summed E-state index contributed by atoms with van der Waals surface area (Å²) >= 11 is 0. The fourth-order valence-electron chi connectivity index (χ4n) is 2.04. The number of rotatable bonds is 3. The highest BCUT2D eigenvalue weighted by Gasteiger charge is 2.29. The number of nitrogens with two attached hydrogens (primary N) is 1. The Hall–Kier alpha value is -1.35. The number of benzene rings is 1. The molecule has 1 saturated carbocycles. The second-order valence-corrected chi connectivity index (χ2v) is 4.77. The zero-order valence-corrected chi connectivity index (χ0v) is 9.44. The first-order chi connectivity index (χ1) is 7.74. The SMILES string of the molecule is CC(N)Cc1cccc2nc(C3CC3)oc12. The van der Waals surface area contributed by atoms with Gasteiger partial charge in [-0.2, -0.15) is 0 Å². The van der Waals surface area contributed by atoms with E-state index in [0.717, 1.165) is 23.4 Å². The van der Waals surface area contributed by atoms with Gasteiger partial charge < -0.3 is 10.2 Å². The molecule has 1 aromatic heterocycles. The Bertz CT molecular complexity index is 512. The Morgan fingerprint density at radius 1 is 1.50 bits per heavy atom. The van der Waals surface area contributed by atoms with Gasteiger partial charge >= 0.3 is 0 Å². The van der Waals surface area contributed by atoms with Gasteiger partial charge in [-0.25, -0.2) is 4.98 Å². The molecule has 1 aliphatic carbocycles. The molecule has 84 valence electrons. The van der Waals surface area contributed by atoms with Crippen LogP contribution in [0.25, 0.3) is 11.1 Å². The number of hydrogen-bond donors (Lipinski definition) is 1. The average molecular weight is 216 g/mol. The van der Waals surface area contributed by atoms with Crippen LogP contribution in [0.3, 0.4) is 0 Å². The molecule has 0 bridgehead atoms. The summed E-state index contributed by atoms with van der Waals surface area (Å²) in [6.45, 7) is 2.01. The van der Waals surface area contributed by atoms with Crippen LogP contribution in [0.4, 0.5) is 0 Å². The van der Waals surface area contributed by atoms with Crippen molar-refractivity contribution in [2.24, 2.45) is 5.73 Å². The molecule has 16 heavy (non-hydrogen) atoms. The lowest BCUT2D eigenvalue weighted by Crippen LogP contribution is -2.17. The average Bonchev–Trinajstić information content (AvgIpc) is 2.98. The maximum absolute atomic E-state index is 5.86. The number of aromatic nitrogens is 1. The maximum atomic E-state index is 5.86. The molecule has 1 atom stereocenters. The fourth-order valence-corrected chi connectivity index (χ4v) is 2.04. The van der Waals surface area contributed by atoms with Crippen molar-refractivity contribution in [3.05, 3.63) is 29.7 Å². The smallest absolute Gasteiger partial charge is 0.198 e. The minimum absolute atomic E-state index is 0.153. The summed E-state index contributed by atoms with van der Waals surface area (Å²) in [6.07, 6.45) is 3.28. The van der Waals surface area contributed by atoms with Gasteiger partial charge in [-0.15, -0.1) is 0 Å². The van der Waals surface area contributed by atoms with Crippen molar-refractivity contribution < 1.29 is 4.42 Å². The molecule has 2 aromatic rings. The third kappa shape index (κ3) is 1.71. The molecule has 3 rings (SSSR count). The van der Waals surface area contributed by atoms with E-state index >= 15 is 0 Å². The summed E-state index contributed by atoms with van der Waals surface area (Å²) < 4.78 is 5.86. The van der Waals surface area contributed by atoms with Gasteiger partial charge in [0.15, 0.2) is 11.5 Å². The van der Waals surface area contributed by atoms with E-state index in [2.05, 4.69) is 11.1 Å². The largest absolute Gasteiger partial charge is 0.440 e. The highest BCUT2D eigenvalue weighted by atomic mass is 16.3. The molecular weight excluding hydrogens is 200 g/mol. The Labute approximate surface area is 94.7 Å². The van der Waals surface area contributed by atoms with Crippen LogP contribution in [-0.2, 0) is 6.42 Å². The molecule has 1 fully saturated rings. The van der Waals surface area contributed by atoms with E-state index in [1.807, 2.05) is 19.1 Å². The standard InChI is InChI=1S/C13H16N2O/c1-8(14)7-10-3-2-4-11-12(10)16-13(15-11)9-5-6-9/h2-4,8-9H,5-7,14H2,1H3. The third-order valence-corrected chi connectivity index (χ3v) is 2.98. The van der Waals surface area contributed by atoms with Crippen LogP contribution in [0.2, 0.25) is 0 Å². The van der Waals surface area contributed by atoms with Gasteiger partial charge in [-0.1, -0.05) is 12.1 Å². The lowest BCUT2D eigenvalue weighted by molar-refractivity contribution is 0.528. The van der Waals surface area contributed by atoms with E-state index in [4.69, 9.17) is 10.2 Å². The second kappa shape index (κ2) is 3.59. The first-order valence-corrected chi connectivity index (χ1v) is 5.88. The molecule has 0 radical (unpaired) electrons. The van der Waals surface area contributed by atoms with Crippen LogP contribution >= 0.6 is 0 Å². The highest BCUT2D eigenvalue weighted by Crippen LogP contribution is 2.40. The minimum Gasteiger partial charge on any atom is -0.440 e. The zero-order chi connectivity index (χ0) is 11.1. The summed E-state index contributed by atoms with van der Waals surface area (Å²) in [5.74, 6) is 1.47. The molecular formula is C13H16N2O. The number of hydrogen-bond acceptors (Lipinski definition) is 3. The molecule has 3 heteroatoms. The van der Waals surface area contributed by atoms with Crippen molar-refractivity contribution in [2.45, 2.75) is 38.1 Å². The van der Waals surface area contributed by atoms with Crippen molar-refractivity contribution in [1.29, 1.82) is 0 Å². The van der Waals surface area contributed by atoms with E-state index in [1.54, 1.807) is 0 Å². The van der Waals surface area contributed by atoms with Gasteiger partial charge in [0.1, 0.15) is 5.52 Å². The van der Waals surface area contributed by atoms with Crippen LogP contribution < -0.4 is 5.73 Å². The lowest BCUT2D eigenvalue weighted by Gasteiger charge is -2.04. The summed E-state index contributed by atoms with van der Waals surface area (Å²) in [5, 5.41) is 0. The van der Waals surface area contributed by atoms with Crippen molar-refractivity contribution in [1.82, 2.24) is 4.98 Å². The molecule has 0 aliphatic heterocycles. The van der Waals surface area contributed by atoms with Gasteiger partial charge in [0.2, 0.25) is 0 Å². The number of fused-ring (bicyclic) bond motifs is 1. The van der Waals surface area contributed by atoms with E-state index in [-0.39, 0.29) is 6.04 Å². The first kappa shape index (κ1) is 9.85. The Morgan fingerprint density at radius 2 is 2.31 bits per heavy atom. The van der Waals surface area contributed by atoms with Crippen LogP contribution in [0.15, 0.2) is 22.6 Å². The molecule has 1 aliphatic rings. The van der Waals surface area contributed by atoms with Crippen molar-refractivity contribution >= 4 is 11.1 Å². The summed E-state index contributed by atoms with van der Waals surface area (Å²) in [5.41, 5.74) is 8.91. The predicted molar refractivity (Wildman–Crippen MR) is 63.3 cm³/mol. The third-order valence-electron chi connectivity index (χ3n) is 2.98. The Morgan fingerprint density at radius 3 is 3.00 bits per heavy atom. The van der Waals surface area contributed by atoms with Gasteiger partial charge in [-0.05, 0) is 37.8 Å². The van der Waals surface area contributed by atoms with E-state index < -0.39 is 0 Å². The van der Waals surface area contributed by atoms with Crippen LogP contribution in [-0.4, -0.2) is 11.0 Å². The zero-order valence-electron chi connectivity index (χ0n) is 9.44. The lowest BCUT2D eigenvalue weighted by atomic mass is 10.1. The molecule has 1 aromatic carbocycles. The normalized spacial score (nSPS) is 17.9. The molecule has 1 heterocycles. The molecule has 2 N–H and O–H groups in total. The summed E-state index contributed by atoms with van der Waals surface area (Å²) in [6, 6.07) is 6.27. The fraction of sp³-hybridized carbons (Fsp3) is 0.462. The van der Waals surface area contributed by atoms with Crippen LogP contribution in [0, 0.1) is 0 Å². The number of oxazole rings is 1. The topological polar surface area (TPSA) is 52.0 Å². The number of nitrogens with zero attached hydrogens (tertiary/aromatic N) is 1. The number of para-hydroxylation sites is 1. The molecule has 1 unspecified atom stereocenters. The summed E-state index contributed by atoms with van der Waals surface area (Å²) in [4.78, 5) is 4.54. The highest BCUT2D eigenvalue weighted by molar-refractivity contribution is 5.76. The van der Waals surface area contributed by atoms with Gasteiger partial charge in [0, 0.05) is 12.0 Å². The van der Waals surface area contributed by atoms with Crippen LogP contribution in [0.5, 0.6) is 0 Å². The van der Waals surface area contributed by atoms with Crippen molar-refractivity contribution in [2.75, 3.05) is 0 Å². The van der Waals surface area contributed by atoms with Crippen molar-refractivity contribution in [3.63, 3.8) is 0 Å². The van der Waals surface area contributed by atoms with Gasteiger partial charge in [0.05, 0.1) is 0 Å². The maximum Gasteiger partial charge on any atom is 0.198 e. The molecule has 0 spiro atoms.